The molecule has 3 rings (SSSR count). The molecule has 22 heavy (non-hydrogen) atoms. The molecule has 0 unspecified atom stereocenters. The van der Waals surface area contributed by atoms with E-state index in [1.165, 1.54) is 27.5 Å². The molecule has 3 aromatic rings. The summed E-state index contributed by atoms with van der Waals surface area (Å²) in [7, 11) is 0. The average molecular weight is 497 g/mol. The molecule has 0 saturated carbocycles. The van der Waals surface area contributed by atoms with Gasteiger partial charge in [0.25, 0.3) is 0 Å². The molecular weight excluding hydrogens is 478 g/mol. The van der Waals surface area contributed by atoms with Crippen molar-refractivity contribution in [3.05, 3.63) is 66.2 Å². The standard InChI is InChI=1S/C19H19.2ClH.Hf/c1-14(2)11-15-12-17-9-6-10-18(19(17)13-15)16-7-4-3-5-8-16;;;/h3-10,12-14H,11H2,1-2H3;2*1H;/q-1;;;/p-2. The summed E-state index contributed by atoms with van der Waals surface area (Å²) in [6, 6.07) is 21.9. The van der Waals surface area contributed by atoms with Crippen LogP contribution in [0.3, 0.4) is 0 Å². The number of rotatable bonds is 3. The first kappa shape index (κ1) is 21.5. The summed E-state index contributed by atoms with van der Waals surface area (Å²) < 4.78 is 0. The maximum absolute atomic E-state index is 2.36. The Hall–Kier alpha value is -0.500. The molecular formula is C19H19Cl2Hf-3. The second-order valence-electron chi connectivity index (χ2n) is 5.64. The van der Waals surface area contributed by atoms with Gasteiger partial charge in [0.15, 0.2) is 0 Å². The minimum atomic E-state index is 0. The molecule has 0 aromatic heterocycles. The molecule has 0 amide bonds. The monoisotopic (exact) mass is 497 g/mol. The van der Waals surface area contributed by atoms with Crippen LogP contribution in [-0.2, 0) is 32.3 Å². The van der Waals surface area contributed by atoms with E-state index in [9.17, 15) is 0 Å². The van der Waals surface area contributed by atoms with Gasteiger partial charge in [-0.1, -0.05) is 55.8 Å². The Kier molecular flexibility index (Phi) is 9.38. The Morgan fingerprint density at radius 3 is 2.23 bits per heavy atom. The van der Waals surface area contributed by atoms with Gasteiger partial charge in [-0.05, 0) is 17.9 Å². The molecule has 0 atom stereocenters. The Morgan fingerprint density at radius 2 is 1.59 bits per heavy atom. The fourth-order valence-electron chi connectivity index (χ4n) is 2.76. The van der Waals surface area contributed by atoms with Gasteiger partial charge in [-0.3, -0.25) is 0 Å². The third-order valence-electron chi connectivity index (χ3n) is 3.54. The van der Waals surface area contributed by atoms with E-state index in [1.54, 1.807) is 0 Å². The molecule has 0 aliphatic heterocycles. The van der Waals surface area contributed by atoms with Crippen LogP contribution in [0.1, 0.15) is 19.4 Å². The van der Waals surface area contributed by atoms with E-state index in [2.05, 4.69) is 74.5 Å². The smallest absolute Gasteiger partial charge is 0 e. The van der Waals surface area contributed by atoms with Crippen molar-refractivity contribution in [3.8, 4) is 11.1 Å². The molecule has 0 saturated heterocycles. The van der Waals surface area contributed by atoms with Gasteiger partial charge in [-0.2, -0.15) is 6.07 Å². The minimum Gasteiger partial charge on any atom is -1.00 e. The predicted octanol–water partition coefficient (Wildman–Crippen LogP) is -0.570. The third kappa shape index (κ3) is 4.75. The Balaban J connectivity index is 0.00000147. The summed E-state index contributed by atoms with van der Waals surface area (Å²) in [4.78, 5) is 0. The second kappa shape index (κ2) is 9.60. The second-order valence-corrected chi connectivity index (χ2v) is 5.64. The summed E-state index contributed by atoms with van der Waals surface area (Å²) in [5, 5.41) is 2.74. The molecule has 0 aliphatic rings. The zero-order chi connectivity index (χ0) is 13.2. The van der Waals surface area contributed by atoms with Crippen LogP contribution >= 0.6 is 0 Å². The predicted molar refractivity (Wildman–Crippen MR) is 83.5 cm³/mol. The van der Waals surface area contributed by atoms with Crippen molar-refractivity contribution in [1.82, 2.24) is 0 Å². The molecule has 116 valence electrons. The van der Waals surface area contributed by atoms with E-state index < -0.39 is 0 Å². The molecule has 0 spiro atoms. The van der Waals surface area contributed by atoms with Gasteiger partial charge in [0.05, 0.1) is 0 Å². The van der Waals surface area contributed by atoms with Crippen LogP contribution in [0, 0.1) is 5.92 Å². The molecule has 3 heteroatoms. The summed E-state index contributed by atoms with van der Waals surface area (Å²) >= 11 is 0. The van der Waals surface area contributed by atoms with Crippen LogP contribution in [0.4, 0.5) is 0 Å². The largest absolute Gasteiger partial charge is 1.00 e. The number of hydrogen-bond donors (Lipinski definition) is 0. The van der Waals surface area contributed by atoms with E-state index in [-0.39, 0.29) is 50.7 Å². The third-order valence-corrected chi connectivity index (χ3v) is 3.54. The minimum absolute atomic E-state index is 0. The first-order valence-corrected chi connectivity index (χ1v) is 6.98. The molecule has 0 nitrogen and oxygen atoms in total. The number of fused-ring (bicyclic) bond motifs is 1. The average Bonchev–Trinajstić information content (AvgIpc) is 2.80. The van der Waals surface area contributed by atoms with Gasteiger partial charge in [-0.15, -0.1) is 34.5 Å². The summed E-state index contributed by atoms with van der Waals surface area (Å²) in [6.45, 7) is 4.55. The van der Waals surface area contributed by atoms with Crippen LogP contribution in [0.25, 0.3) is 21.9 Å². The maximum Gasteiger partial charge on any atom is 0 e. The molecule has 3 aromatic carbocycles. The van der Waals surface area contributed by atoms with Crippen molar-refractivity contribution in [3.63, 3.8) is 0 Å². The molecule has 0 aliphatic carbocycles. The molecule has 0 heterocycles. The van der Waals surface area contributed by atoms with Crippen molar-refractivity contribution in [2.45, 2.75) is 20.3 Å². The van der Waals surface area contributed by atoms with E-state index >= 15 is 0 Å². The van der Waals surface area contributed by atoms with E-state index in [0.29, 0.717) is 5.92 Å². The van der Waals surface area contributed by atoms with Gasteiger partial charge in [0.1, 0.15) is 0 Å². The molecule has 0 bridgehead atoms. The SMILES string of the molecule is CC(C)Cc1cc2c(-c3ccccc3)cccc2[cH-]1.[Cl-].[Cl-].[Hf]. The normalized spacial score (nSPS) is 9.77. The fraction of sp³-hybridized carbons (Fsp3) is 0.211. The van der Waals surface area contributed by atoms with E-state index in [0.717, 1.165) is 6.42 Å². The fourth-order valence-corrected chi connectivity index (χ4v) is 2.76. The quantitative estimate of drug-likeness (QED) is 0.337. The van der Waals surface area contributed by atoms with Crippen LogP contribution in [0.5, 0.6) is 0 Å². The van der Waals surface area contributed by atoms with Crippen LogP contribution in [0.2, 0.25) is 0 Å². The Labute approximate surface area is 164 Å². The van der Waals surface area contributed by atoms with Crippen molar-refractivity contribution < 1.29 is 50.7 Å². The summed E-state index contributed by atoms with van der Waals surface area (Å²) in [5.74, 6) is 0.706. The van der Waals surface area contributed by atoms with Gasteiger partial charge in [0, 0.05) is 25.8 Å². The summed E-state index contributed by atoms with van der Waals surface area (Å²) in [6.07, 6.45) is 1.16. The van der Waals surface area contributed by atoms with E-state index in [4.69, 9.17) is 0 Å². The van der Waals surface area contributed by atoms with Gasteiger partial charge >= 0.3 is 0 Å². The van der Waals surface area contributed by atoms with Gasteiger partial charge in [-0.25, -0.2) is 0 Å². The first-order chi connectivity index (χ1) is 9.24. The number of benzene rings is 2. The first-order valence-electron chi connectivity index (χ1n) is 6.98. The van der Waals surface area contributed by atoms with Crippen molar-refractivity contribution in [2.75, 3.05) is 0 Å². The Morgan fingerprint density at radius 1 is 0.909 bits per heavy atom. The van der Waals surface area contributed by atoms with Crippen molar-refractivity contribution in [2.24, 2.45) is 5.92 Å². The number of halogens is 2. The maximum atomic E-state index is 2.36. The van der Waals surface area contributed by atoms with E-state index in [1.807, 2.05) is 0 Å². The van der Waals surface area contributed by atoms with Gasteiger partial charge < -0.3 is 24.8 Å². The topological polar surface area (TPSA) is 0 Å². The van der Waals surface area contributed by atoms with Crippen LogP contribution < -0.4 is 24.8 Å². The Bertz CT molecular complexity index is 687. The van der Waals surface area contributed by atoms with Gasteiger partial charge in [0.2, 0.25) is 0 Å². The zero-order valence-corrected chi connectivity index (χ0v) is 17.9. The molecule has 0 radical (unpaired) electrons. The zero-order valence-electron chi connectivity index (χ0n) is 12.8. The number of hydrogen-bond acceptors (Lipinski definition) is 0. The summed E-state index contributed by atoms with van der Waals surface area (Å²) in [5.41, 5.74) is 4.09. The van der Waals surface area contributed by atoms with Crippen LogP contribution in [-0.4, -0.2) is 0 Å². The van der Waals surface area contributed by atoms with Crippen LogP contribution in [0.15, 0.2) is 60.7 Å². The molecule has 0 N–H and O–H groups in total. The van der Waals surface area contributed by atoms with Crippen molar-refractivity contribution in [1.29, 1.82) is 0 Å². The van der Waals surface area contributed by atoms with Crippen molar-refractivity contribution >= 4 is 10.8 Å². The molecule has 0 fully saturated rings.